The third kappa shape index (κ3) is 7.26. The molecule has 0 atom stereocenters. The third-order valence-corrected chi connectivity index (χ3v) is 7.35. The van der Waals surface area contributed by atoms with Crippen molar-refractivity contribution in [3.8, 4) is 22.4 Å². The van der Waals surface area contributed by atoms with Gasteiger partial charge < -0.3 is 25.2 Å². The van der Waals surface area contributed by atoms with Gasteiger partial charge in [0.25, 0.3) is 0 Å². The van der Waals surface area contributed by atoms with Gasteiger partial charge in [0.05, 0.1) is 18.9 Å². The first-order chi connectivity index (χ1) is 19.9. The molecule has 3 aromatic rings. The Morgan fingerprint density at radius 3 is 2.20 bits per heavy atom. The van der Waals surface area contributed by atoms with Gasteiger partial charge in [-0.15, -0.1) is 0 Å². The lowest BCUT2D eigenvalue weighted by Crippen LogP contribution is -2.48. The number of nitrogen functional groups attached to an aromatic ring is 1. The zero-order valence-electron chi connectivity index (χ0n) is 23.8. The van der Waals surface area contributed by atoms with E-state index in [1.165, 1.54) is 0 Å². The molecule has 0 unspecified atom stereocenters. The molecule has 2 aliphatic heterocycles. The molecule has 2 saturated heterocycles. The van der Waals surface area contributed by atoms with Crippen molar-refractivity contribution in [1.82, 2.24) is 19.9 Å². The summed E-state index contributed by atoms with van der Waals surface area (Å²) in [6.45, 7) is 9.51. The highest BCUT2D eigenvalue weighted by molar-refractivity contribution is 5.93. The highest BCUT2D eigenvalue weighted by Gasteiger charge is 2.22. The van der Waals surface area contributed by atoms with Gasteiger partial charge in [0.2, 0.25) is 11.9 Å². The van der Waals surface area contributed by atoms with E-state index in [9.17, 15) is 9.59 Å². The molecule has 0 aliphatic carbocycles. The van der Waals surface area contributed by atoms with Gasteiger partial charge in [-0.2, -0.15) is 0 Å². The van der Waals surface area contributed by atoms with E-state index in [0.29, 0.717) is 26.3 Å². The number of anilines is 3. The van der Waals surface area contributed by atoms with Crippen LogP contribution in [0.15, 0.2) is 60.4 Å². The number of nitrogens with zero attached hydrogens (tertiary/aromatic N) is 6. The van der Waals surface area contributed by atoms with Crippen molar-refractivity contribution in [2.24, 2.45) is 0 Å². The Morgan fingerprint density at radius 2 is 1.54 bits per heavy atom. The molecule has 2 N–H and O–H groups in total. The number of aromatic nitrogens is 3. The minimum Gasteiger partial charge on any atom is -0.378 e. The van der Waals surface area contributed by atoms with Crippen molar-refractivity contribution in [3.05, 3.63) is 60.4 Å². The fourth-order valence-electron chi connectivity index (χ4n) is 5.12. The fraction of sp³-hybridized carbons (Fsp3) is 0.387. The topological polar surface area (TPSA) is 118 Å². The molecular weight excluding hydrogens is 518 g/mol. The monoisotopic (exact) mass is 555 g/mol. The van der Waals surface area contributed by atoms with E-state index in [-0.39, 0.29) is 30.5 Å². The predicted molar refractivity (Wildman–Crippen MR) is 161 cm³/mol. The molecule has 0 saturated carbocycles. The average molecular weight is 556 g/mol. The Labute approximate surface area is 240 Å². The number of rotatable bonds is 8. The Morgan fingerprint density at radius 1 is 0.854 bits per heavy atom. The summed E-state index contributed by atoms with van der Waals surface area (Å²) in [5.41, 5.74) is 11.5. The summed E-state index contributed by atoms with van der Waals surface area (Å²) in [5, 5.41) is 0. The normalized spacial score (nSPS) is 15.5. The fourth-order valence-corrected chi connectivity index (χ4v) is 5.12. The van der Waals surface area contributed by atoms with Gasteiger partial charge in [-0.3, -0.25) is 9.59 Å². The van der Waals surface area contributed by atoms with Gasteiger partial charge in [-0.25, -0.2) is 15.0 Å². The van der Waals surface area contributed by atoms with Crippen LogP contribution in [-0.2, 0) is 14.3 Å². The van der Waals surface area contributed by atoms with E-state index in [1.54, 1.807) is 18.5 Å². The molecular formula is C31H37N7O3. The standard InChI is InChI=1S/C31H37N7O3/c1-22(2)17-27(39)7-8-30(40)38-11-9-36(10-12-38)26-5-3-23(4-6-26)24-18-28(25-20-33-31(32)34-21-25)35-29(19-24)37-13-15-41-16-14-37/h3-6,17-21H,7-16H2,1-2H3,(H2,32,33,34). The Balaban J connectivity index is 1.27. The lowest BCUT2D eigenvalue weighted by atomic mass is 10.0. The van der Waals surface area contributed by atoms with Crippen molar-refractivity contribution in [2.45, 2.75) is 26.7 Å². The number of nitrogens with two attached hydrogens (primary N) is 1. The number of allylic oxidation sites excluding steroid dienone is 2. The first-order valence-electron chi connectivity index (χ1n) is 14.1. The van der Waals surface area contributed by atoms with Crippen LogP contribution in [0.2, 0.25) is 0 Å². The zero-order valence-corrected chi connectivity index (χ0v) is 23.8. The molecule has 2 aliphatic rings. The van der Waals surface area contributed by atoms with Crippen LogP contribution >= 0.6 is 0 Å². The number of carbonyl (C=O) groups excluding carboxylic acids is 2. The first-order valence-corrected chi connectivity index (χ1v) is 14.1. The minimum atomic E-state index is 0.0114. The van der Waals surface area contributed by atoms with Crippen LogP contribution in [0, 0.1) is 0 Å². The molecule has 2 aromatic heterocycles. The SMILES string of the molecule is CC(C)=CC(=O)CCC(=O)N1CCN(c2ccc(-c3cc(-c4cnc(N)nc4)nc(N4CCOCC4)c3)cc2)CC1. The van der Waals surface area contributed by atoms with E-state index in [2.05, 4.69) is 56.2 Å². The zero-order chi connectivity index (χ0) is 28.8. The molecule has 0 bridgehead atoms. The number of ketones is 1. The van der Waals surface area contributed by atoms with Gasteiger partial charge in [-0.1, -0.05) is 17.7 Å². The van der Waals surface area contributed by atoms with Gasteiger partial charge in [0.1, 0.15) is 5.82 Å². The van der Waals surface area contributed by atoms with Gasteiger partial charge in [-0.05, 0) is 55.3 Å². The summed E-state index contributed by atoms with van der Waals surface area (Å²) in [6.07, 6.45) is 5.54. The van der Waals surface area contributed by atoms with E-state index in [4.69, 9.17) is 15.5 Å². The van der Waals surface area contributed by atoms with E-state index in [0.717, 1.165) is 65.6 Å². The lowest BCUT2D eigenvalue weighted by molar-refractivity contribution is -0.132. The Kier molecular flexibility index (Phi) is 8.88. The summed E-state index contributed by atoms with van der Waals surface area (Å²) < 4.78 is 5.54. The average Bonchev–Trinajstić information content (AvgIpc) is 3.00. The van der Waals surface area contributed by atoms with Gasteiger partial charge in [0.15, 0.2) is 5.78 Å². The first kappa shape index (κ1) is 28.2. The number of hydrogen-bond donors (Lipinski definition) is 1. The summed E-state index contributed by atoms with van der Waals surface area (Å²) in [4.78, 5) is 44.2. The summed E-state index contributed by atoms with van der Waals surface area (Å²) in [7, 11) is 0. The molecule has 4 heterocycles. The van der Waals surface area contributed by atoms with Crippen LogP contribution in [0.3, 0.4) is 0 Å². The van der Waals surface area contributed by atoms with Crippen LogP contribution in [0.4, 0.5) is 17.5 Å². The number of pyridine rings is 1. The van der Waals surface area contributed by atoms with Crippen LogP contribution < -0.4 is 15.5 Å². The van der Waals surface area contributed by atoms with Crippen LogP contribution in [0.5, 0.6) is 0 Å². The van der Waals surface area contributed by atoms with Crippen LogP contribution in [0.1, 0.15) is 26.7 Å². The highest BCUT2D eigenvalue weighted by atomic mass is 16.5. The van der Waals surface area contributed by atoms with E-state index < -0.39 is 0 Å². The molecule has 1 aromatic carbocycles. The van der Waals surface area contributed by atoms with Crippen molar-refractivity contribution >= 4 is 29.1 Å². The molecule has 2 fully saturated rings. The number of hydrogen-bond acceptors (Lipinski definition) is 9. The van der Waals surface area contributed by atoms with E-state index in [1.807, 2.05) is 18.7 Å². The number of ether oxygens (including phenoxy) is 1. The van der Waals surface area contributed by atoms with E-state index >= 15 is 0 Å². The van der Waals surface area contributed by atoms with Crippen molar-refractivity contribution in [1.29, 1.82) is 0 Å². The molecule has 0 radical (unpaired) electrons. The molecule has 5 rings (SSSR count). The predicted octanol–water partition coefficient (Wildman–Crippen LogP) is 3.59. The number of amides is 1. The lowest BCUT2D eigenvalue weighted by Gasteiger charge is -2.36. The maximum absolute atomic E-state index is 12.6. The molecule has 10 nitrogen and oxygen atoms in total. The molecule has 1 amide bonds. The van der Waals surface area contributed by atoms with Gasteiger partial charge in [0, 0.05) is 75.8 Å². The number of benzene rings is 1. The van der Waals surface area contributed by atoms with Gasteiger partial charge >= 0.3 is 0 Å². The van der Waals surface area contributed by atoms with Crippen molar-refractivity contribution in [3.63, 3.8) is 0 Å². The number of piperazine rings is 1. The Hall–Kier alpha value is -4.31. The second kappa shape index (κ2) is 12.9. The maximum atomic E-state index is 12.6. The van der Waals surface area contributed by atoms with Crippen LogP contribution in [0.25, 0.3) is 22.4 Å². The summed E-state index contributed by atoms with van der Waals surface area (Å²) >= 11 is 0. The Bertz CT molecular complexity index is 1390. The molecule has 0 spiro atoms. The quantitative estimate of drug-likeness (QED) is 0.416. The number of carbonyl (C=O) groups is 2. The second-order valence-corrected chi connectivity index (χ2v) is 10.6. The largest absolute Gasteiger partial charge is 0.378 e. The maximum Gasteiger partial charge on any atom is 0.223 e. The third-order valence-electron chi connectivity index (χ3n) is 7.35. The highest BCUT2D eigenvalue weighted by Crippen LogP contribution is 2.31. The second-order valence-electron chi connectivity index (χ2n) is 10.6. The smallest absolute Gasteiger partial charge is 0.223 e. The molecule has 214 valence electrons. The molecule has 41 heavy (non-hydrogen) atoms. The minimum absolute atomic E-state index is 0.0114. The molecule has 10 heteroatoms. The number of morpholine rings is 1. The summed E-state index contributed by atoms with van der Waals surface area (Å²) in [6, 6.07) is 12.7. The van der Waals surface area contributed by atoms with Crippen LogP contribution in [-0.4, -0.2) is 84.0 Å². The summed E-state index contributed by atoms with van der Waals surface area (Å²) in [5.74, 6) is 1.18. The van der Waals surface area contributed by atoms with Crippen molar-refractivity contribution in [2.75, 3.05) is 68.0 Å². The van der Waals surface area contributed by atoms with Crippen molar-refractivity contribution < 1.29 is 14.3 Å².